The number of aryl methyl sites for hydroxylation is 1. The van der Waals surface area contributed by atoms with Crippen LogP contribution in [0.4, 0.5) is 4.39 Å². The first kappa shape index (κ1) is 29.0. The Morgan fingerprint density at radius 2 is 1.68 bits per heavy atom. The first-order valence-corrected chi connectivity index (χ1v) is 13.2. The second-order valence-corrected chi connectivity index (χ2v) is 10.3. The third-order valence-electron chi connectivity index (χ3n) is 6.52. The normalized spacial score (nSPS) is 15.8. The standard InChI is InChI=1S/C29H26Cl2FN3O5/c1-17-5-2-6-18(13-17)24(16-25(36)37)33-26(38)27-34(28(39)19-7-3-8-21(32)14-19)11-4-12-35(27)29(40)22-10-9-20(30)15-23(22)31/h2-3,5-10,13-15,24,27H,4,11-12,16H2,1H3,(H,33,38)(H,36,37). The van der Waals surface area contributed by atoms with Crippen LogP contribution in [-0.4, -0.2) is 57.9 Å². The molecule has 0 bridgehead atoms. The van der Waals surface area contributed by atoms with Crippen molar-refractivity contribution in [2.24, 2.45) is 0 Å². The second kappa shape index (κ2) is 12.5. The minimum absolute atomic E-state index is 0.00241. The lowest BCUT2D eigenvalue weighted by atomic mass is 10.0. The van der Waals surface area contributed by atoms with E-state index in [1.165, 1.54) is 46.2 Å². The number of halogens is 3. The van der Waals surface area contributed by atoms with Gasteiger partial charge in [0.05, 0.1) is 23.0 Å². The van der Waals surface area contributed by atoms with E-state index in [1.807, 2.05) is 13.0 Å². The zero-order valence-corrected chi connectivity index (χ0v) is 23.0. The predicted molar refractivity (Wildman–Crippen MR) is 148 cm³/mol. The molecule has 1 aliphatic rings. The van der Waals surface area contributed by atoms with Gasteiger partial charge in [-0.15, -0.1) is 0 Å². The molecule has 0 spiro atoms. The number of amides is 3. The third-order valence-corrected chi connectivity index (χ3v) is 7.07. The summed E-state index contributed by atoms with van der Waals surface area (Å²) in [6.45, 7) is 2.04. The van der Waals surface area contributed by atoms with Crippen LogP contribution in [0.5, 0.6) is 0 Å². The van der Waals surface area contributed by atoms with E-state index in [2.05, 4.69) is 5.32 Å². The third kappa shape index (κ3) is 6.60. The zero-order valence-electron chi connectivity index (χ0n) is 21.4. The van der Waals surface area contributed by atoms with Crippen molar-refractivity contribution in [3.05, 3.63) is 105 Å². The van der Waals surface area contributed by atoms with E-state index in [-0.39, 0.29) is 29.2 Å². The Labute approximate surface area is 240 Å². The number of carboxylic acid groups (broad SMARTS) is 1. The van der Waals surface area contributed by atoms with Gasteiger partial charge in [0.15, 0.2) is 6.17 Å². The van der Waals surface area contributed by atoms with Gasteiger partial charge in [0.2, 0.25) is 0 Å². The van der Waals surface area contributed by atoms with Crippen LogP contribution in [0, 0.1) is 12.7 Å². The van der Waals surface area contributed by atoms with Gasteiger partial charge < -0.3 is 20.2 Å². The molecule has 8 nitrogen and oxygen atoms in total. The highest BCUT2D eigenvalue weighted by Crippen LogP contribution is 2.27. The average Bonchev–Trinajstić information content (AvgIpc) is 2.91. The molecule has 0 aromatic heterocycles. The minimum Gasteiger partial charge on any atom is -0.481 e. The highest BCUT2D eigenvalue weighted by atomic mass is 35.5. The molecule has 2 atom stereocenters. The van der Waals surface area contributed by atoms with Gasteiger partial charge >= 0.3 is 5.97 Å². The molecule has 1 heterocycles. The van der Waals surface area contributed by atoms with E-state index in [4.69, 9.17) is 23.2 Å². The lowest BCUT2D eigenvalue weighted by Crippen LogP contribution is -2.63. The molecule has 0 radical (unpaired) electrons. The van der Waals surface area contributed by atoms with Gasteiger partial charge in [-0.3, -0.25) is 19.2 Å². The number of carbonyl (C=O) groups excluding carboxylic acids is 3. The Kier molecular flexibility index (Phi) is 9.07. The molecule has 0 aliphatic carbocycles. The molecule has 3 aromatic carbocycles. The Balaban J connectivity index is 1.74. The summed E-state index contributed by atoms with van der Waals surface area (Å²) >= 11 is 12.3. The largest absolute Gasteiger partial charge is 0.481 e. The molecular weight excluding hydrogens is 560 g/mol. The summed E-state index contributed by atoms with van der Waals surface area (Å²) in [6.07, 6.45) is -1.57. The maximum Gasteiger partial charge on any atom is 0.305 e. The van der Waals surface area contributed by atoms with Crippen molar-refractivity contribution in [3.8, 4) is 0 Å². The van der Waals surface area contributed by atoms with E-state index < -0.39 is 48.1 Å². The second-order valence-electron chi connectivity index (χ2n) is 9.43. The smallest absolute Gasteiger partial charge is 0.305 e. The van der Waals surface area contributed by atoms with Gasteiger partial charge in [-0.25, -0.2) is 4.39 Å². The predicted octanol–water partition coefficient (Wildman–Crippen LogP) is 5.09. The van der Waals surface area contributed by atoms with Crippen LogP contribution in [0.15, 0.2) is 66.7 Å². The van der Waals surface area contributed by atoms with Crippen LogP contribution in [0.1, 0.15) is 50.7 Å². The van der Waals surface area contributed by atoms with Crippen LogP contribution < -0.4 is 5.32 Å². The van der Waals surface area contributed by atoms with Gasteiger partial charge in [-0.05, 0) is 55.3 Å². The lowest BCUT2D eigenvalue weighted by molar-refractivity contribution is -0.138. The SMILES string of the molecule is Cc1cccc(C(CC(=O)O)NC(=O)C2N(C(=O)c3cccc(F)c3)CCCN2C(=O)c2ccc(Cl)cc2Cl)c1. The molecule has 4 rings (SSSR count). The first-order chi connectivity index (χ1) is 19.0. The van der Waals surface area contributed by atoms with Gasteiger partial charge in [0.25, 0.3) is 17.7 Å². The highest BCUT2D eigenvalue weighted by molar-refractivity contribution is 6.36. The summed E-state index contributed by atoms with van der Waals surface area (Å²) in [5, 5.41) is 12.7. The lowest BCUT2D eigenvalue weighted by Gasteiger charge is -2.43. The van der Waals surface area contributed by atoms with Crippen molar-refractivity contribution >= 4 is 46.9 Å². The van der Waals surface area contributed by atoms with Crippen molar-refractivity contribution in [1.29, 1.82) is 0 Å². The van der Waals surface area contributed by atoms with E-state index in [9.17, 15) is 28.7 Å². The molecule has 0 saturated carbocycles. The van der Waals surface area contributed by atoms with E-state index in [1.54, 1.807) is 18.2 Å². The molecule has 3 aromatic rings. The maximum atomic E-state index is 14.0. The molecule has 2 unspecified atom stereocenters. The molecule has 1 aliphatic heterocycles. The van der Waals surface area contributed by atoms with Crippen molar-refractivity contribution in [2.45, 2.75) is 32.0 Å². The molecule has 11 heteroatoms. The van der Waals surface area contributed by atoms with Crippen molar-refractivity contribution < 1.29 is 28.7 Å². The van der Waals surface area contributed by atoms with Crippen molar-refractivity contribution in [1.82, 2.24) is 15.1 Å². The molecule has 2 N–H and O–H groups in total. The number of carboxylic acids is 1. The number of hydrogen-bond acceptors (Lipinski definition) is 4. The Morgan fingerprint density at radius 3 is 2.33 bits per heavy atom. The fourth-order valence-corrected chi connectivity index (χ4v) is 5.19. The number of nitrogens with one attached hydrogen (secondary N) is 1. The van der Waals surface area contributed by atoms with E-state index in [0.717, 1.165) is 11.6 Å². The van der Waals surface area contributed by atoms with Gasteiger partial charge in [-0.1, -0.05) is 59.1 Å². The van der Waals surface area contributed by atoms with Gasteiger partial charge in [0.1, 0.15) is 5.82 Å². The molecule has 1 fully saturated rings. The average molecular weight is 586 g/mol. The molecule has 40 heavy (non-hydrogen) atoms. The number of benzene rings is 3. The van der Waals surface area contributed by atoms with E-state index >= 15 is 0 Å². The van der Waals surface area contributed by atoms with E-state index in [0.29, 0.717) is 17.0 Å². The number of rotatable bonds is 7. The molecule has 1 saturated heterocycles. The Bertz CT molecular complexity index is 1470. The van der Waals surface area contributed by atoms with Gasteiger partial charge in [-0.2, -0.15) is 0 Å². The maximum absolute atomic E-state index is 14.0. The summed E-state index contributed by atoms with van der Waals surface area (Å²) in [5.74, 6) is -3.83. The summed E-state index contributed by atoms with van der Waals surface area (Å²) < 4.78 is 14.0. The van der Waals surface area contributed by atoms with Crippen LogP contribution in [-0.2, 0) is 9.59 Å². The topological polar surface area (TPSA) is 107 Å². The zero-order chi connectivity index (χ0) is 29.0. The Hall–Kier alpha value is -3.95. The summed E-state index contributed by atoms with van der Waals surface area (Å²) in [4.78, 5) is 55.3. The Morgan fingerprint density at radius 1 is 0.975 bits per heavy atom. The monoisotopic (exact) mass is 585 g/mol. The highest BCUT2D eigenvalue weighted by Gasteiger charge is 2.42. The number of carbonyl (C=O) groups is 4. The van der Waals surface area contributed by atoms with Crippen LogP contribution in [0.25, 0.3) is 0 Å². The quantitative estimate of drug-likeness (QED) is 0.402. The molecular formula is C29H26Cl2FN3O5. The van der Waals surface area contributed by atoms with Crippen LogP contribution in [0.3, 0.4) is 0 Å². The molecule has 208 valence electrons. The first-order valence-electron chi connectivity index (χ1n) is 12.5. The van der Waals surface area contributed by atoms with Crippen molar-refractivity contribution in [2.75, 3.05) is 13.1 Å². The van der Waals surface area contributed by atoms with Gasteiger partial charge in [0, 0.05) is 23.7 Å². The fourth-order valence-electron chi connectivity index (χ4n) is 4.70. The van der Waals surface area contributed by atoms with Crippen molar-refractivity contribution in [3.63, 3.8) is 0 Å². The summed E-state index contributed by atoms with van der Waals surface area (Å²) in [7, 11) is 0. The fraction of sp³-hybridized carbons (Fsp3) is 0.241. The van der Waals surface area contributed by atoms with Crippen LogP contribution >= 0.6 is 23.2 Å². The summed E-state index contributed by atoms with van der Waals surface area (Å²) in [6, 6.07) is 15.4. The van der Waals surface area contributed by atoms with Crippen LogP contribution in [0.2, 0.25) is 10.0 Å². The summed E-state index contributed by atoms with van der Waals surface area (Å²) in [5.41, 5.74) is 1.48. The number of hydrogen-bond donors (Lipinski definition) is 2. The number of nitrogens with zero attached hydrogens (tertiary/aromatic N) is 2. The minimum atomic E-state index is -1.47. The molecule has 3 amide bonds. The number of aliphatic carboxylic acids is 1.